The van der Waals surface area contributed by atoms with Crippen molar-refractivity contribution in [3.8, 4) is 21.6 Å². The fourth-order valence-corrected chi connectivity index (χ4v) is 6.56. The van der Waals surface area contributed by atoms with Gasteiger partial charge in [-0.1, -0.05) is 74.5 Å². The molecule has 2 heteroatoms. The van der Waals surface area contributed by atoms with Gasteiger partial charge in [-0.05, 0) is 94.6 Å². The molecule has 1 aliphatic carbocycles. The lowest BCUT2D eigenvalue weighted by Crippen LogP contribution is -2.23. The highest BCUT2D eigenvalue weighted by atomic mass is 32.1. The molecular formula is C33H29NS. The molecule has 0 amide bonds. The summed E-state index contributed by atoms with van der Waals surface area (Å²) in [4.78, 5) is 3.71. The molecule has 0 aliphatic heterocycles. The Balaban J connectivity index is 1.53. The Morgan fingerprint density at radius 1 is 0.600 bits per heavy atom. The second kappa shape index (κ2) is 8.87. The molecule has 1 heterocycles. The molecule has 0 spiro atoms. The van der Waals surface area contributed by atoms with Gasteiger partial charge in [-0.25, -0.2) is 0 Å². The lowest BCUT2D eigenvalue weighted by Gasteiger charge is -2.32. The van der Waals surface area contributed by atoms with Crippen LogP contribution >= 0.6 is 11.3 Å². The number of rotatable bonds is 6. The highest BCUT2D eigenvalue weighted by molar-refractivity contribution is 7.13. The van der Waals surface area contributed by atoms with Gasteiger partial charge in [-0.15, -0.1) is 11.3 Å². The van der Waals surface area contributed by atoms with Crippen molar-refractivity contribution in [2.45, 2.75) is 32.1 Å². The van der Waals surface area contributed by atoms with Crippen LogP contribution in [0.5, 0.6) is 0 Å². The maximum Gasteiger partial charge on any atom is 0.0465 e. The summed E-state index contributed by atoms with van der Waals surface area (Å²) in [6, 6.07) is 39.9. The van der Waals surface area contributed by atoms with E-state index < -0.39 is 0 Å². The summed E-state index contributed by atoms with van der Waals surface area (Å²) in [7, 11) is 0. The third-order valence-electron chi connectivity index (χ3n) is 7.64. The molecule has 0 fully saturated rings. The first-order chi connectivity index (χ1) is 17.2. The number of hydrogen-bond donors (Lipinski definition) is 0. The van der Waals surface area contributed by atoms with Crippen molar-refractivity contribution in [2.75, 3.05) is 4.90 Å². The summed E-state index contributed by atoms with van der Waals surface area (Å²) in [6.07, 6.45) is 2.16. The molecule has 0 bridgehead atoms. The Bertz CT molecular complexity index is 1410. The molecule has 0 N–H and O–H groups in total. The summed E-state index contributed by atoms with van der Waals surface area (Å²) in [5.74, 6) is 0. The summed E-state index contributed by atoms with van der Waals surface area (Å²) in [5, 5.41) is 2.16. The zero-order valence-corrected chi connectivity index (χ0v) is 21.1. The van der Waals surface area contributed by atoms with E-state index in [4.69, 9.17) is 0 Å². The molecule has 0 radical (unpaired) electrons. The van der Waals surface area contributed by atoms with Crippen LogP contribution in [0, 0.1) is 0 Å². The van der Waals surface area contributed by atoms with Crippen molar-refractivity contribution in [3.05, 3.63) is 126 Å². The normalized spacial score (nSPS) is 13.3. The lowest BCUT2D eigenvalue weighted by molar-refractivity contribution is 0.490. The van der Waals surface area contributed by atoms with Gasteiger partial charge in [0.25, 0.3) is 0 Å². The SMILES string of the molecule is CCC1(CC)c2cc(-c3cccs3)ccc2-c2ccc(N(c3ccccc3)c3ccccc3)cc21. The van der Waals surface area contributed by atoms with Crippen molar-refractivity contribution < 1.29 is 0 Å². The van der Waals surface area contributed by atoms with Gasteiger partial charge in [0, 0.05) is 27.4 Å². The zero-order chi connectivity index (χ0) is 23.8. The van der Waals surface area contributed by atoms with E-state index in [1.54, 1.807) is 0 Å². The van der Waals surface area contributed by atoms with E-state index in [9.17, 15) is 0 Å². The molecule has 0 saturated carbocycles. The summed E-state index contributed by atoms with van der Waals surface area (Å²) >= 11 is 1.82. The Morgan fingerprint density at radius 2 is 1.20 bits per heavy atom. The molecule has 1 aliphatic rings. The monoisotopic (exact) mass is 471 g/mol. The van der Waals surface area contributed by atoms with Crippen molar-refractivity contribution >= 4 is 28.4 Å². The smallest absolute Gasteiger partial charge is 0.0465 e. The molecule has 0 atom stereocenters. The second-order valence-electron chi connectivity index (χ2n) is 9.26. The van der Waals surface area contributed by atoms with Gasteiger partial charge in [0.1, 0.15) is 0 Å². The fourth-order valence-electron chi connectivity index (χ4n) is 5.83. The molecule has 4 aromatic carbocycles. The average molecular weight is 472 g/mol. The number of thiophene rings is 1. The molecular weight excluding hydrogens is 442 g/mol. The number of fused-ring (bicyclic) bond motifs is 3. The van der Waals surface area contributed by atoms with Gasteiger partial charge < -0.3 is 4.90 Å². The van der Waals surface area contributed by atoms with Crippen LogP contribution in [-0.2, 0) is 5.41 Å². The number of anilines is 3. The number of hydrogen-bond acceptors (Lipinski definition) is 2. The minimum Gasteiger partial charge on any atom is -0.310 e. The van der Waals surface area contributed by atoms with Crippen molar-refractivity contribution in [1.29, 1.82) is 0 Å². The first kappa shape index (κ1) is 21.9. The van der Waals surface area contributed by atoms with Crippen LogP contribution in [0.4, 0.5) is 17.1 Å². The minimum atomic E-state index is 0.0208. The first-order valence-electron chi connectivity index (χ1n) is 12.5. The number of nitrogens with zero attached hydrogens (tertiary/aromatic N) is 1. The summed E-state index contributed by atoms with van der Waals surface area (Å²) in [6.45, 7) is 4.69. The molecule has 6 rings (SSSR count). The third-order valence-corrected chi connectivity index (χ3v) is 8.56. The van der Waals surface area contributed by atoms with E-state index in [1.807, 2.05) is 11.3 Å². The molecule has 5 aromatic rings. The first-order valence-corrected chi connectivity index (χ1v) is 13.4. The highest BCUT2D eigenvalue weighted by Crippen LogP contribution is 2.55. The molecule has 35 heavy (non-hydrogen) atoms. The van der Waals surface area contributed by atoms with Crippen molar-refractivity contribution in [3.63, 3.8) is 0 Å². The van der Waals surface area contributed by atoms with E-state index >= 15 is 0 Å². The molecule has 0 unspecified atom stereocenters. The van der Waals surface area contributed by atoms with E-state index in [0.717, 1.165) is 12.8 Å². The van der Waals surface area contributed by atoms with E-state index in [2.05, 4.69) is 133 Å². The zero-order valence-electron chi connectivity index (χ0n) is 20.2. The quantitative estimate of drug-likeness (QED) is 0.238. The highest BCUT2D eigenvalue weighted by Gasteiger charge is 2.41. The lowest BCUT2D eigenvalue weighted by atomic mass is 9.73. The van der Waals surface area contributed by atoms with E-state index in [0.29, 0.717) is 0 Å². The van der Waals surface area contributed by atoms with Crippen LogP contribution < -0.4 is 4.90 Å². The van der Waals surface area contributed by atoms with E-state index in [-0.39, 0.29) is 5.41 Å². The van der Waals surface area contributed by atoms with Gasteiger partial charge >= 0.3 is 0 Å². The fraction of sp³-hybridized carbons (Fsp3) is 0.152. The maximum absolute atomic E-state index is 2.46. The van der Waals surface area contributed by atoms with E-state index in [1.165, 1.54) is 49.8 Å². The molecule has 1 nitrogen and oxygen atoms in total. The Kier molecular flexibility index (Phi) is 5.54. The number of benzene rings is 4. The van der Waals surface area contributed by atoms with Gasteiger partial charge in [-0.3, -0.25) is 0 Å². The maximum atomic E-state index is 2.46. The predicted octanol–water partition coefficient (Wildman–Crippen LogP) is 9.97. The average Bonchev–Trinajstić information content (AvgIpc) is 3.55. The predicted molar refractivity (Wildman–Crippen MR) is 151 cm³/mol. The summed E-state index contributed by atoms with van der Waals surface area (Å²) < 4.78 is 0. The van der Waals surface area contributed by atoms with Crippen LogP contribution in [-0.4, -0.2) is 0 Å². The Morgan fingerprint density at radius 3 is 1.77 bits per heavy atom. The molecule has 1 aromatic heterocycles. The Labute approximate surface area is 212 Å². The second-order valence-corrected chi connectivity index (χ2v) is 10.2. The van der Waals surface area contributed by atoms with Crippen LogP contribution in [0.15, 0.2) is 115 Å². The minimum absolute atomic E-state index is 0.0208. The van der Waals surface area contributed by atoms with Crippen molar-refractivity contribution in [2.24, 2.45) is 0 Å². The van der Waals surface area contributed by atoms with Crippen LogP contribution in [0.3, 0.4) is 0 Å². The molecule has 172 valence electrons. The van der Waals surface area contributed by atoms with Gasteiger partial charge in [-0.2, -0.15) is 0 Å². The third kappa shape index (κ3) is 3.52. The molecule has 0 saturated heterocycles. The van der Waals surface area contributed by atoms with Gasteiger partial charge in [0.15, 0.2) is 0 Å². The standard InChI is InChI=1S/C33H29NS/c1-3-33(4-2)30-22-24(32-16-11-21-35-32)17-19-28(30)29-20-18-27(23-31(29)33)34(25-12-7-5-8-13-25)26-14-9-6-10-15-26/h5-23H,3-4H2,1-2H3. The summed E-state index contributed by atoms with van der Waals surface area (Å²) in [5.41, 5.74) is 10.6. The number of para-hydroxylation sites is 2. The topological polar surface area (TPSA) is 3.24 Å². The van der Waals surface area contributed by atoms with Crippen molar-refractivity contribution in [1.82, 2.24) is 0 Å². The Hall–Kier alpha value is -3.62. The van der Waals surface area contributed by atoms with Crippen LogP contribution in [0.1, 0.15) is 37.8 Å². The largest absolute Gasteiger partial charge is 0.310 e. The van der Waals surface area contributed by atoms with Crippen LogP contribution in [0.25, 0.3) is 21.6 Å². The van der Waals surface area contributed by atoms with Crippen LogP contribution in [0.2, 0.25) is 0 Å². The van der Waals surface area contributed by atoms with Gasteiger partial charge in [0.05, 0.1) is 0 Å². The van der Waals surface area contributed by atoms with Gasteiger partial charge in [0.2, 0.25) is 0 Å².